The summed E-state index contributed by atoms with van der Waals surface area (Å²) in [6.45, 7) is 1.85. The van der Waals surface area contributed by atoms with Crippen LogP contribution in [0.2, 0.25) is 0 Å². The van der Waals surface area contributed by atoms with Crippen molar-refractivity contribution in [1.29, 1.82) is 0 Å². The smallest absolute Gasteiger partial charge is 0.401 e. The highest BCUT2D eigenvalue weighted by atomic mass is 35.5. The van der Waals surface area contributed by atoms with Crippen LogP contribution in [0.15, 0.2) is 16.8 Å². The van der Waals surface area contributed by atoms with Crippen LogP contribution in [0.1, 0.15) is 5.76 Å². The maximum absolute atomic E-state index is 8.77. The summed E-state index contributed by atoms with van der Waals surface area (Å²) in [5.41, 5.74) is -1.36. The number of carboxylic acid groups (broad SMARTS) is 1. The number of halogens is 1. The van der Waals surface area contributed by atoms with Gasteiger partial charge in [0.2, 0.25) is 0 Å². The number of carbonyl (C=O) groups is 1. The van der Waals surface area contributed by atoms with Crippen LogP contribution >= 0.6 is 11.6 Å². The molecule has 0 bridgehead atoms. The van der Waals surface area contributed by atoms with E-state index in [0.29, 0.717) is 0 Å². The van der Waals surface area contributed by atoms with Gasteiger partial charge in [-0.25, -0.2) is 4.79 Å². The molecule has 0 radical (unpaired) electrons. The minimum Gasteiger partial charge on any atom is -0.469 e. The summed E-state index contributed by atoms with van der Waals surface area (Å²) in [6.07, 6.45) is 1.62. The van der Waals surface area contributed by atoms with Gasteiger partial charge in [0.1, 0.15) is 5.76 Å². The van der Waals surface area contributed by atoms with E-state index in [1.807, 2.05) is 6.92 Å². The van der Waals surface area contributed by atoms with E-state index in [9.17, 15) is 0 Å². The third kappa shape index (κ3) is 6.97. The quantitative estimate of drug-likeness (QED) is 0.594. The summed E-state index contributed by atoms with van der Waals surface area (Å²) in [7, 11) is 0. The molecule has 4 nitrogen and oxygen atoms in total. The van der Waals surface area contributed by atoms with Gasteiger partial charge in [-0.1, -0.05) is 5.16 Å². The van der Waals surface area contributed by atoms with Crippen molar-refractivity contribution in [2.45, 2.75) is 6.92 Å². The lowest BCUT2D eigenvalue weighted by molar-refractivity contribution is 0.220. The minimum atomic E-state index is -1.36. The molecule has 5 heteroatoms. The van der Waals surface area contributed by atoms with E-state index in [1.54, 1.807) is 12.3 Å². The maximum Gasteiger partial charge on any atom is 0.401 e. The lowest BCUT2D eigenvalue weighted by Gasteiger charge is -1.65. The first-order chi connectivity index (χ1) is 4.63. The zero-order valence-corrected chi connectivity index (χ0v) is 6.00. The normalized spacial score (nSPS) is 7.80. The topological polar surface area (TPSA) is 63.3 Å². The average Bonchev–Trinajstić information content (AvgIpc) is 2.15. The molecule has 1 heterocycles. The van der Waals surface area contributed by atoms with E-state index < -0.39 is 5.43 Å². The van der Waals surface area contributed by atoms with Gasteiger partial charge in [0.15, 0.2) is 0 Å². The SMILES string of the molecule is Cc1ccno1.O=C(O)Cl. The number of rotatable bonds is 0. The Bertz CT molecular complexity index is 181. The molecule has 0 aromatic carbocycles. The largest absolute Gasteiger partial charge is 0.469 e. The average molecular weight is 164 g/mol. The van der Waals surface area contributed by atoms with E-state index >= 15 is 0 Å². The highest BCUT2D eigenvalue weighted by Crippen LogP contribution is 1.88. The second-order valence-corrected chi connectivity index (χ2v) is 1.70. The summed E-state index contributed by atoms with van der Waals surface area (Å²) < 4.78 is 4.58. The molecule has 1 aromatic rings. The highest BCUT2D eigenvalue weighted by molar-refractivity contribution is 6.60. The fourth-order valence-electron chi connectivity index (χ4n) is 0.279. The van der Waals surface area contributed by atoms with Crippen molar-refractivity contribution in [3.05, 3.63) is 18.0 Å². The predicted molar refractivity (Wildman–Crippen MR) is 35.1 cm³/mol. The van der Waals surface area contributed by atoms with E-state index in [0.717, 1.165) is 5.76 Å². The Labute approximate surface area is 62.4 Å². The molecule has 0 unspecified atom stereocenters. The van der Waals surface area contributed by atoms with Crippen LogP contribution in [0.3, 0.4) is 0 Å². The van der Waals surface area contributed by atoms with Crippen LogP contribution in [-0.2, 0) is 0 Å². The second-order valence-electron chi connectivity index (χ2n) is 1.38. The Morgan fingerprint density at radius 1 is 1.90 bits per heavy atom. The Morgan fingerprint density at radius 2 is 2.40 bits per heavy atom. The molecule has 10 heavy (non-hydrogen) atoms. The molecule has 0 saturated heterocycles. The summed E-state index contributed by atoms with van der Waals surface area (Å²) in [6, 6.07) is 1.81. The molecule has 0 spiro atoms. The molecular formula is C5H6ClNO3. The lowest BCUT2D eigenvalue weighted by atomic mass is 10.5. The van der Waals surface area contributed by atoms with Gasteiger partial charge in [0.25, 0.3) is 0 Å². The zero-order valence-electron chi connectivity index (χ0n) is 5.24. The molecule has 0 aliphatic heterocycles. The van der Waals surface area contributed by atoms with Gasteiger partial charge >= 0.3 is 5.43 Å². The van der Waals surface area contributed by atoms with Gasteiger partial charge in [0.05, 0.1) is 6.20 Å². The molecule has 1 N–H and O–H groups in total. The zero-order chi connectivity index (χ0) is 7.98. The first kappa shape index (κ1) is 8.97. The molecule has 1 rings (SSSR count). The van der Waals surface area contributed by atoms with E-state index in [1.165, 1.54) is 0 Å². The summed E-state index contributed by atoms with van der Waals surface area (Å²) >= 11 is 4.19. The highest BCUT2D eigenvalue weighted by Gasteiger charge is 1.78. The van der Waals surface area contributed by atoms with Gasteiger partial charge in [-0.3, -0.25) is 0 Å². The fraction of sp³-hybridized carbons (Fsp3) is 0.200. The van der Waals surface area contributed by atoms with Crippen LogP contribution < -0.4 is 0 Å². The molecule has 0 amide bonds. The first-order valence-corrected chi connectivity index (χ1v) is 2.76. The maximum atomic E-state index is 8.77. The van der Waals surface area contributed by atoms with E-state index in [2.05, 4.69) is 21.3 Å². The predicted octanol–water partition coefficient (Wildman–Crippen LogP) is 1.89. The van der Waals surface area contributed by atoms with Crippen LogP contribution in [0, 0.1) is 6.92 Å². The van der Waals surface area contributed by atoms with E-state index in [4.69, 9.17) is 9.90 Å². The van der Waals surface area contributed by atoms with Gasteiger partial charge in [-0.05, 0) is 6.92 Å². The summed E-state index contributed by atoms with van der Waals surface area (Å²) in [5.74, 6) is 0.856. The van der Waals surface area contributed by atoms with Crippen LogP contribution in [0.25, 0.3) is 0 Å². The van der Waals surface area contributed by atoms with Gasteiger partial charge in [-0.15, -0.1) is 0 Å². The van der Waals surface area contributed by atoms with Crippen LogP contribution in [0.5, 0.6) is 0 Å². The molecule has 0 atom stereocenters. The molecule has 0 fully saturated rings. The van der Waals surface area contributed by atoms with Crippen molar-refractivity contribution < 1.29 is 14.4 Å². The van der Waals surface area contributed by atoms with Gasteiger partial charge in [-0.2, -0.15) is 0 Å². The van der Waals surface area contributed by atoms with Gasteiger partial charge in [0, 0.05) is 17.7 Å². The molecule has 1 aromatic heterocycles. The first-order valence-electron chi connectivity index (χ1n) is 2.38. The fourth-order valence-corrected chi connectivity index (χ4v) is 0.279. The van der Waals surface area contributed by atoms with Crippen molar-refractivity contribution in [3.8, 4) is 0 Å². The third-order valence-corrected chi connectivity index (χ3v) is 0.567. The van der Waals surface area contributed by atoms with E-state index in [-0.39, 0.29) is 0 Å². The monoisotopic (exact) mass is 163 g/mol. The Kier molecular flexibility index (Phi) is 4.32. The van der Waals surface area contributed by atoms with Crippen molar-refractivity contribution in [2.75, 3.05) is 0 Å². The Hall–Kier alpha value is -1.03. The van der Waals surface area contributed by atoms with Crippen molar-refractivity contribution in [3.63, 3.8) is 0 Å². The Morgan fingerprint density at radius 3 is 2.50 bits per heavy atom. The van der Waals surface area contributed by atoms with Crippen LogP contribution in [-0.4, -0.2) is 15.7 Å². The van der Waals surface area contributed by atoms with Gasteiger partial charge < -0.3 is 9.63 Å². The number of aryl methyl sites for hydroxylation is 1. The second kappa shape index (κ2) is 4.81. The number of aromatic nitrogens is 1. The summed E-state index contributed by atoms with van der Waals surface area (Å²) in [5, 5.41) is 10.6. The van der Waals surface area contributed by atoms with Crippen molar-refractivity contribution >= 4 is 17.0 Å². The number of hydrogen-bond donors (Lipinski definition) is 1. The molecule has 0 aliphatic carbocycles. The molecule has 56 valence electrons. The van der Waals surface area contributed by atoms with Crippen LogP contribution in [0.4, 0.5) is 4.79 Å². The lowest BCUT2D eigenvalue weighted by Crippen LogP contribution is -1.66. The molecule has 0 saturated carbocycles. The van der Waals surface area contributed by atoms with Crippen molar-refractivity contribution in [1.82, 2.24) is 5.16 Å². The molecular weight excluding hydrogens is 158 g/mol. The molecule has 0 aliphatic rings. The number of hydrogen-bond acceptors (Lipinski definition) is 3. The van der Waals surface area contributed by atoms with Crippen molar-refractivity contribution in [2.24, 2.45) is 0 Å². The minimum absolute atomic E-state index is 0.856. The number of nitrogens with zero attached hydrogens (tertiary/aromatic N) is 1. The third-order valence-electron chi connectivity index (χ3n) is 0.567. The Balaban J connectivity index is 0.000000180. The standard InChI is InChI=1S/C4H5NO.CHClO2/c1-4-2-3-5-6-4;2-1(3)4/h2-3H,1H3;(H,3,4). The summed E-state index contributed by atoms with van der Waals surface area (Å²) in [4.78, 5) is 8.77.